The molecule has 0 spiro atoms. The number of hydrogen-bond donors (Lipinski definition) is 2. The zero-order chi connectivity index (χ0) is 18.8. The van der Waals surface area contributed by atoms with E-state index in [1.54, 1.807) is 0 Å². The van der Waals surface area contributed by atoms with Crippen LogP contribution in [-0.4, -0.2) is 39.8 Å². The molecule has 0 atom stereocenters. The second-order valence-corrected chi connectivity index (χ2v) is 7.99. The fourth-order valence-corrected chi connectivity index (χ4v) is 3.28. The van der Waals surface area contributed by atoms with Crippen LogP contribution >= 0.6 is 11.6 Å². The zero-order valence-electron chi connectivity index (χ0n) is 13.2. The highest BCUT2D eigenvalue weighted by Crippen LogP contribution is 2.36. The van der Waals surface area contributed by atoms with Crippen LogP contribution in [0, 0.1) is 0 Å². The van der Waals surface area contributed by atoms with E-state index in [9.17, 15) is 26.4 Å². The Labute approximate surface area is 148 Å². The van der Waals surface area contributed by atoms with Gasteiger partial charge in [0, 0.05) is 12.6 Å². The molecule has 1 fully saturated rings. The lowest BCUT2D eigenvalue weighted by atomic mass is 10.2. The minimum absolute atomic E-state index is 0.0851. The van der Waals surface area contributed by atoms with Crippen LogP contribution in [0.3, 0.4) is 0 Å². The van der Waals surface area contributed by atoms with Crippen LogP contribution in [0.25, 0.3) is 0 Å². The number of halogens is 4. The minimum atomic E-state index is -4.63. The SMILES string of the molecule is CS(=O)(=O)N(CCNC(=O)NC1CC1)c1cc(C(F)(F)F)ccc1Cl. The molecule has 0 unspecified atom stereocenters. The van der Waals surface area contributed by atoms with Crippen LogP contribution in [0.15, 0.2) is 18.2 Å². The van der Waals surface area contributed by atoms with Crippen LogP contribution in [0.4, 0.5) is 23.7 Å². The summed E-state index contributed by atoms with van der Waals surface area (Å²) in [4.78, 5) is 11.5. The summed E-state index contributed by atoms with van der Waals surface area (Å²) in [6.45, 7) is -0.337. The first-order chi connectivity index (χ1) is 11.5. The molecule has 11 heteroatoms. The van der Waals surface area contributed by atoms with Crippen molar-refractivity contribution in [3.63, 3.8) is 0 Å². The third-order valence-corrected chi connectivity index (χ3v) is 4.96. The normalized spacial score (nSPS) is 14.9. The number of sulfonamides is 1. The van der Waals surface area contributed by atoms with Gasteiger partial charge in [0.2, 0.25) is 10.0 Å². The molecule has 0 radical (unpaired) electrons. The molecule has 2 N–H and O–H groups in total. The second kappa shape index (κ2) is 7.28. The van der Waals surface area contributed by atoms with Gasteiger partial charge in [0.1, 0.15) is 0 Å². The van der Waals surface area contributed by atoms with Crippen molar-refractivity contribution in [1.29, 1.82) is 0 Å². The van der Waals surface area contributed by atoms with E-state index in [2.05, 4.69) is 10.6 Å². The molecule has 1 aromatic rings. The zero-order valence-corrected chi connectivity index (χ0v) is 14.8. The van der Waals surface area contributed by atoms with Crippen LogP contribution in [0.1, 0.15) is 18.4 Å². The highest BCUT2D eigenvalue weighted by atomic mass is 35.5. The number of benzene rings is 1. The Morgan fingerprint density at radius 1 is 1.36 bits per heavy atom. The number of urea groups is 1. The number of alkyl halides is 3. The smallest absolute Gasteiger partial charge is 0.336 e. The Balaban J connectivity index is 2.15. The molecule has 0 aliphatic heterocycles. The lowest BCUT2D eigenvalue weighted by molar-refractivity contribution is -0.137. The van der Waals surface area contributed by atoms with Crippen molar-refractivity contribution in [3.8, 4) is 0 Å². The first-order valence-corrected chi connectivity index (χ1v) is 9.60. The van der Waals surface area contributed by atoms with Gasteiger partial charge in [-0.15, -0.1) is 0 Å². The molecule has 1 aliphatic carbocycles. The molecule has 0 heterocycles. The molecule has 1 aromatic carbocycles. The Bertz CT molecular complexity index is 751. The summed E-state index contributed by atoms with van der Waals surface area (Å²) in [5.41, 5.74) is -1.30. The van der Waals surface area contributed by atoms with Crippen molar-refractivity contribution in [1.82, 2.24) is 10.6 Å². The van der Waals surface area contributed by atoms with Crippen LogP contribution < -0.4 is 14.9 Å². The van der Waals surface area contributed by atoms with Gasteiger partial charge in [-0.2, -0.15) is 13.2 Å². The molecule has 2 rings (SSSR count). The van der Waals surface area contributed by atoms with E-state index < -0.39 is 27.8 Å². The Morgan fingerprint density at radius 2 is 2.00 bits per heavy atom. The molecule has 2 amide bonds. The fourth-order valence-electron chi connectivity index (χ4n) is 2.08. The van der Waals surface area contributed by atoms with E-state index in [1.807, 2.05) is 0 Å². The van der Waals surface area contributed by atoms with Gasteiger partial charge in [-0.05, 0) is 31.0 Å². The summed E-state index contributed by atoms with van der Waals surface area (Å²) in [6.07, 6.45) is -2.00. The predicted octanol–water partition coefficient (Wildman–Crippen LogP) is 2.59. The Morgan fingerprint density at radius 3 is 2.52 bits per heavy atom. The average Bonchev–Trinajstić information content (AvgIpc) is 3.26. The molecule has 1 aliphatic rings. The van der Waals surface area contributed by atoms with Crippen LogP contribution in [0.2, 0.25) is 5.02 Å². The van der Waals surface area contributed by atoms with Crippen molar-refractivity contribution in [2.75, 3.05) is 23.7 Å². The van der Waals surface area contributed by atoms with Crippen LogP contribution in [0.5, 0.6) is 0 Å². The van der Waals surface area contributed by atoms with Crippen LogP contribution in [-0.2, 0) is 16.2 Å². The summed E-state index contributed by atoms with van der Waals surface area (Å²) in [5, 5.41) is 4.98. The molecule has 1 saturated carbocycles. The van der Waals surface area contributed by atoms with E-state index in [0.717, 1.165) is 35.5 Å². The number of carbonyl (C=O) groups is 1. The van der Waals surface area contributed by atoms with Crippen molar-refractivity contribution >= 4 is 33.3 Å². The number of nitrogens with zero attached hydrogens (tertiary/aromatic N) is 1. The maximum Gasteiger partial charge on any atom is 0.416 e. The largest absolute Gasteiger partial charge is 0.416 e. The maximum absolute atomic E-state index is 12.9. The van der Waals surface area contributed by atoms with Crippen molar-refractivity contribution in [3.05, 3.63) is 28.8 Å². The highest BCUT2D eigenvalue weighted by Gasteiger charge is 2.32. The van der Waals surface area contributed by atoms with E-state index >= 15 is 0 Å². The molecule has 0 aromatic heterocycles. The number of amides is 2. The van der Waals surface area contributed by atoms with Gasteiger partial charge < -0.3 is 10.6 Å². The minimum Gasteiger partial charge on any atom is -0.336 e. The van der Waals surface area contributed by atoms with E-state index in [4.69, 9.17) is 11.6 Å². The lowest BCUT2D eigenvalue weighted by Gasteiger charge is -2.24. The van der Waals surface area contributed by atoms with Gasteiger partial charge in [-0.1, -0.05) is 11.6 Å². The summed E-state index contributed by atoms with van der Waals surface area (Å²) in [5.74, 6) is 0. The molecular formula is C14H17ClF3N3O3S. The summed E-state index contributed by atoms with van der Waals surface area (Å²) in [6, 6.07) is 2.11. The molecule has 6 nitrogen and oxygen atoms in total. The Kier molecular flexibility index (Phi) is 5.72. The summed E-state index contributed by atoms with van der Waals surface area (Å²) < 4.78 is 63.3. The van der Waals surface area contributed by atoms with Gasteiger partial charge in [-0.25, -0.2) is 13.2 Å². The third kappa shape index (κ3) is 5.67. The molecule has 140 valence electrons. The molecule has 25 heavy (non-hydrogen) atoms. The van der Waals surface area contributed by atoms with E-state index in [1.165, 1.54) is 0 Å². The number of rotatable bonds is 6. The van der Waals surface area contributed by atoms with Gasteiger partial charge in [0.25, 0.3) is 0 Å². The van der Waals surface area contributed by atoms with Crippen molar-refractivity contribution in [2.24, 2.45) is 0 Å². The second-order valence-electron chi connectivity index (χ2n) is 5.67. The monoisotopic (exact) mass is 399 g/mol. The van der Waals surface area contributed by atoms with Crippen molar-refractivity contribution in [2.45, 2.75) is 25.1 Å². The molecule has 0 bridgehead atoms. The average molecular weight is 400 g/mol. The number of carbonyl (C=O) groups excluding carboxylic acids is 1. The maximum atomic E-state index is 12.9. The highest BCUT2D eigenvalue weighted by molar-refractivity contribution is 7.92. The number of anilines is 1. The summed E-state index contributed by atoms with van der Waals surface area (Å²) >= 11 is 5.89. The topological polar surface area (TPSA) is 78.5 Å². The first-order valence-electron chi connectivity index (χ1n) is 7.37. The quantitative estimate of drug-likeness (QED) is 0.771. The van der Waals surface area contributed by atoms with E-state index in [-0.39, 0.29) is 29.8 Å². The lowest BCUT2D eigenvalue weighted by Crippen LogP contribution is -2.42. The first kappa shape index (κ1) is 19.6. The van der Waals surface area contributed by atoms with Gasteiger partial charge in [0.05, 0.1) is 29.1 Å². The standard InChI is InChI=1S/C14H17ClF3N3O3S/c1-25(23,24)21(7-6-19-13(22)20-10-3-4-10)12-8-9(14(16,17)18)2-5-11(12)15/h2,5,8,10H,3-4,6-7H2,1H3,(H2,19,20,22). The number of hydrogen-bond acceptors (Lipinski definition) is 3. The predicted molar refractivity (Wildman–Crippen MR) is 88.2 cm³/mol. The molecule has 0 saturated heterocycles. The third-order valence-electron chi connectivity index (χ3n) is 3.46. The molecular weight excluding hydrogens is 383 g/mol. The Hall–Kier alpha value is -1.68. The fraction of sp³-hybridized carbons (Fsp3) is 0.500. The van der Waals surface area contributed by atoms with Gasteiger partial charge >= 0.3 is 12.2 Å². The van der Waals surface area contributed by atoms with Gasteiger partial charge in [-0.3, -0.25) is 4.31 Å². The van der Waals surface area contributed by atoms with Gasteiger partial charge in [0.15, 0.2) is 0 Å². The van der Waals surface area contributed by atoms with Crippen molar-refractivity contribution < 1.29 is 26.4 Å². The summed E-state index contributed by atoms with van der Waals surface area (Å²) in [7, 11) is -3.90. The number of nitrogens with one attached hydrogen (secondary N) is 2. The van der Waals surface area contributed by atoms with E-state index in [0.29, 0.717) is 6.07 Å².